The van der Waals surface area contributed by atoms with Gasteiger partial charge in [-0.05, 0) is 77.7 Å². The molecule has 0 amide bonds. The molecular weight excluding hydrogens is 385 g/mol. The standard InChI is InChI=1S/C16H16Br2FN/c1-9-6-13(7-10(2)16(9)18)20-11(3)12-4-5-15(19)14(17)8-12/h4-8,11,20H,1-3H3. The van der Waals surface area contributed by atoms with Crippen LogP contribution in [0.5, 0.6) is 0 Å². The number of halogens is 3. The molecule has 2 aromatic rings. The van der Waals surface area contributed by atoms with Crippen LogP contribution in [0.15, 0.2) is 39.3 Å². The van der Waals surface area contributed by atoms with Crippen LogP contribution >= 0.6 is 31.9 Å². The maximum absolute atomic E-state index is 13.3. The Hall–Kier alpha value is -0.870. The molecule has 0 aromatic heterocycles. The molecule has 1 atom stereocenters. The number of benzene rings is 2. The zero-order valence-corrected chi connectivity index (χ0v) is 14.8. The predicted octanol–water partition coefficient (Wildman–Crippen LogP) is 6.14. The van der Waals surface area contributed by atoms with Crippen molar-refractivity contribution < 1.29 is 4.39 Å². The second-order valence-electron chi connectivity index (χ2n) is 4.96. The summed E-state index contributed by atoms with van der Waals surface area (Å²) in [5.41, 5.74) is 4.49. The molecule has 1 unspecified atom stereocenters. The van der Waals surface area contributed by atoms with Gasteiger partial charge in [-0.25, -0.2) is 4.39 Å². The van der Waals surface area contributed by atoms with Gasteiger partial charge in [0.15, 0.2) is 0 Å². The number of hydrogen-bond donors (Lipinski definition) is 1. The summed E-state index contributed by atoms with van der Waals surface area (Å²) in [5.74, 6) is -0.240. The van der Waals surface area contributed by atoms with E-state index in [4.69, 9.17) is 0 Å². The Morgan fingerprint density at radius 1 is 1.05 bits per heavy atom. The van der Waals surface area contributed by atoms with E-state index in [9.17, 15) is 4.39 Å². The molecule has 106 valence electrons. The van der Waals surface area contributed by atoms with Gasteiger partial charge in [0.2, 0.25) is 0 Å². The van der Waals surface area contributed by atoms with Gasteiger partial charge in [0.1, 0.15) is 5.82 Å². The van der Waals surface area contributed by atoms with Gasteiger partial charge in [-0.1, -0.05) is 22.0 Å². The van der Waals surface area contributed by atoms with Gasteiger partial charge in [-0.2, -0.15) is 0 Å². The molecule has 20 heavy (non-hydrogen) atoms. The van der Waals surface area contributed by atoms with Gasteiger partial charge in [-0.3, -0.25) is 0 Å². The van der Waals surface area contributed by atoms with E-state index in [1.165, 1.54) is 17.2 Å². The van der Waals surface area contributed by atoms with E-state index in [2.05, 4.69) is 70.1 Å². The van der Waals surface area contributed by atoms with Gasteiger partial charge >= 0.3 is 0 Å². The highest BCUT2D eigenvalue weighted by Gasteiger charge is 2.09. The Morgan fingerprint density at radius 2 is 1.65 bits per heavy atom. The third kappa shape index (κ3) is 3.41. The molecule has 2 aromatic carbocycles. The summed E-state index contributed by atoms with van der Waals surface area (Å²) in [5, 5.41) is 3.45. The fraction of sp³-hybridized carbons (Fsp3) is 0.250. The predicted molar refractivity (Wildman–Crippen MR) is 89.8 cm³/mol. The number of anilines is 1. The largest absolute Gasteiger partial charge is 0.379 e. The fourth-order valence-electron chi connectivity index (χ4n) is 2.14. The summed E-state index contributed by atoms with van der Waals surface area (Å²) in [6.45, 7) is 6.20. The van der Waals surface area contributed by atoms with Crippen molar-refractivity contribution in [3.8, 4) is 0 Å². The Kier molecular flexibility index (Phi) is 4.86. The van der Waals surface area contributed by atoms with Crippen LogP contribution in [0, 0.1) is 19.7 Å². The Labute approximate surface area is 135 Å². The molecule has 0 aliphatic heterocycles. The highest BCUT2D eigenvalue weighted by atomic mass is 79.9. The van der Waals surface area contributed by atoms with Gasteiger partial charge in [-0.15, -0.1) is 0 Å². The van der Waals surface area contributed by atoms with Crippen molar-refractivity contribution in [3.05, 3.63) is 61.8 Å². The lowest BCUT2D eigenvalue weighted by atomic mass is 10.1. The number of hydrogen-bond acceptors (Lipinski definition) is 1. The molecule has 4 heteroatoms. The molecule has 0 fully saturated rings. The average Bonchev–Trinajstić information content (AvgIpc) is 2.39. The normalized spacial score (nSPS) is 12.3. The van der Waals surface area contributed by atoms with E-state index in [0.717, 1.165) is 15.7 Å². The smallest absolute Gasteiger partial charge is 0.137 e. The number of rotatable bonds is 3. The van der Waals surface area contributed by atoms with Crippen LogP contribution in [-0.4, -0.2) is 0 Å². The van der Waals surface area contributed by atoms with Gasteiger partial charge in [0.05, 0.1) is 4.47 Å². The molecule has 0 saturated carbocycles. The first-order valence-electron chi connectivity index (χ1n) is 6.36. The lowest BCUT2D eigenvalue weighted by Crippen LogP contribution is -2.07. The molecule has 0 bridgehead atoms. The maximum Gasteiger partial charge on any atom is 0.137 e. The molecule has 2 rings (SSSR count). The molecule has 1 N–H and O–H groups in total. The summed E-state index contributed by atoms with van der Waals surface area (Å²) in [4.78, 5) is 0. The van der Waals surface area contributed by atoms with Crippen LogP contribution in [0.4, 0.5) is 10.1 Å². The van der Waals surface area contributed by atoms with Gasteiger partial charge in [0.25, 0.3) is 0 Å². The third-order valence-electron chi connectivity index (χ3n) is 3.26. The van der Waals surface area contributed by atoms with Crippen molar-refractivity contribution in [2.75, 3.05) is 5.32 Å². The minimum Gasteiger partial charge on any atom is -0.379 e. The fourth-order valence-corrected chi connectivity index (χ4v) is 2.77. The quantitative estimate of drug-likeness (QED) is 0.652. The van der Waals surface area contributed by atoms with E-state index in [0.29, 0.717) is 4.47 Å². The lowest BCUT2D eigenvalue weighted by molar-refractivity contribution is 0.619. The first-order valence-corrected chi connectivity index (χ1v) is 7.95. The zero-order valence-electron chi connectivity index (χ0n) is 11.6. The van der Waals surface area contributed by atoms with Crippen LogP contribution < -0.4 is 5.32 Å². The number of nitrogens with one attached hydrogen (secondary N) is 1. The second kappa shape index (κ2) is 6.27. The molecule has 0 aliphatic carbocycles. The summed E-state index contributed by atoms with van der Waals surface area (Å²) in [7, 11) is 0. The van der Waals surface area contributed by atoms with Crippen molar-refractivity contribution in [1.29, 1.82) is 0 Å². The van der Waals surface area contributed by atoms with Crippen LogP contribution in [0.2, 0.25) is 0 Å². The molecule has 0 saturated heterocycles. The van der Waals surface area contributed by atoms with Crippen LogP contribution in [0.25, 0.3) is 0 Å². The first kappa shape index (κ1) is 15.5. The SMILES string of the molecule is Cc1cc(NC(C)c2ccc(F)c(Br)c2)cc(C)c1Br. The van der Waals surface area contributed by atoms with Crippen molar-refractivity contribution in [3.63, 3.8) is 0 Å². The third-order valence-corrected chi connectivity index (χ3v) is 5.12. The maximum atomic E-state index is 13.3. The summed E-state index contributed by atoms with van der Waals surface area (Å²) in [6.07, 6.45) is 0. The zero-order chi connectivity index (χ0) is 14.9. The van der Waals surface area contributed by atoms with E-state index in [1.807, 2.05) is 6.07 Å². The average molecular weight is 401 g/mol. The first-order chi connectivity index (χ1) is 9.38. The minimum absolute atomic E-state index is 0.104. The summed E-state index contributed by atoms with van der Waals surface area (Å²) in [6, 6.07) is 9.41. The highest BCUT2D eigenvalue weighted by molar-refractivity contribution is 9.10. The lowest BCUT2D eigenvalue weighted by Gasteiger charge is -2.18. The molecule has 0 heterocycles. The van der Waals surface area contributed by atoms with Gasteiger partial charge < -0.3 is 5.32 Å². The molecular formula is C16H16Br2FN. The monoisotopic (exact) mass is 399 g/mol. The molecule has 0 spiro atoms. The van der Waals surface area contributed by atoms with Crippen LogP contribution in [-0.2, 0) is 0 Å². The summed E-state index contributed by atoms with van der Waals surface area (Å²) < 4.78 is 14.9. The minimum atomic E-state index is -0.240. The molecule has 0 radical (unpaired) electrons. The van der Waals surface area contributed by atoms with Crippen LogP contribution in [0.1, 0.15) is 29.7 Å². The Morgan fingerprint density at radius 3 is 2.20 bits per heavy atom. The Balaban J connectivity index is 2.23. The van der Waals surface area contributed by atoms with E-state index in [1.54, 1.807) is 6.07 Å². The molecule has 0 aliphatic rings. The molecule has 1 nitrogen and oxygen atoms in total. The van der Waals surface area contributed by atoms with Crippen molar-refractivity contribution in [2.45, 2.75) is 26.8 Å². The second-order valence-corrected chi connectivity index (χ2v) is 6.61. The van der Waals surface area contributed by atoms with Gasteiger partial charge in [0, 0.05) is 16.2 Å². The van der Waals surface area contributed by atoms with E-state index < -0.39 is 0 Å². The summed E-state index contributed by atoms with van der Waals surface area (Å²) >= 11 is 6.79. The van der Waals surface area contributed by atoms with E-state index >= 15 is 0 Å². The number of aryl methyl sites for hydroxylation is 2. The Bertz CT molecular complexity index is 617. The van der Waals surface area contributed by atoms with Crippen LogP contribution in [0.3, 0.4) is 0 Å². The van der Waals surface area contributed by atoms with Crippen molar-refractivity contribution in [1.82, 2.24) is 0 Å². The van der Waals surface area contributed by atoms with E-state index in [-0.39, 0.29) is 11.9 Å². The van der Waals surface area contributed by atoms with Crippen molar-refractivity contribution in [2.24, 2.45) is 0 Å². The highest BCUT2D eigenvalue weighted by Crippen LogP contribution is 2.28. The topological polar surface area (TPSA) is 12.0 Å². The van der Waals surface area contributed by atoms with Crippen molar-refractivity contribution >= 4 is 37.5 Å².